The number of hydrogen-bond acceptors (Lipinski definition) is 3. The number of halogens is 3. The molecule has 1 heterocycles. The molecule has 0 aromatic rings. The summed E-state index contributed by atoms with van der Waals surface area (Å²) in [6, 6.07) is 1.57. The van der Waals surface area contributed by atoms with E-state index in [2.05, 4.69) is 5.32 Å². The lowest BCUT2D eigenvalue weighted by Crippen LogP contribution is -2.47. The van der Waals surface area contributed by atoms with Crippen molar-refractivity contribution in [2.24, 2.45) is 5.92 Å². The van der Waals surface area contributed by atoms with E-state index >= 15 is 0 Å². The van der Waals surface area contributed by atoms with E-state index in [4.69, 9.17) is 5.26 Å². The Morgan fingerprint density at radius 2 is 2.25 bits per heavy atom. The molecule has 1 aliphatic heterocycles. The molecule has 0 saturated carbocycles. The van der Waals surface area contributed by atoms with Crippen LogP contribution in [0.15, 0.2) is 0 Å². The maximum atomic E-state index is 12.4. The van der Waals surface area contributed by atoms with Crippen molar-refractivity contribution < 1.29 is 13.2 Å². The number of alkyl halides is 3. The van der Waals surface area contributed by atoms with E-state index in [1.54, 1.807) is 11.9 Å². The summed E-state index contributed by atoms with van der Waals surface area (Å²) in [6.45, 7) is 1.02. The molecule has 0 aliphatic carbocycles. The fourth-order valence-corrected chi connectivity index (χ4v) is 1.93. The molecule has 6 heteroatoms. The van der Waals surface area contributed by atoms with Gasteiger partial charge in [-0.2, -0.15) is 18.4 Å². The zero-order valence-corrected chi connectivity index (χ0v) is 9.22. The molecule has 0 aromatic carbocycles. The predicted molar refractivity (Wildman–Crippen MR) is 53.7 cm³/mol. The maximum absolute atomic E-state index is 12.4. The molecule has 2 unspecified atom stereocenters. The van der Waals surface area contributed by atoms with Crippen molar-refractivity contribution in [1.29, 1.82) is 5.26 Å². The molecule has 16 heavy (non-hydrogen) atoms. The Hall–Kier alpha value is -0.800. The molecule has 0 amide bonds. The monoisotopic (exact) mass is 235 g/mol. The number of rotatable bonds is 3. The number of likely N-dealkylation sites (tertiary alicyclic amines) is 1. The Bertz CT molecular complexity index is 259. The Kier molecular flexibility index (Phi) is 4.56. The highest BCUT2D eigenvalue weighted by molar-refractivity contribution is 4.92. The summed E-state index contributed by atoms with van der Waals surface area (Å²) in [6.07, 6.45) is -2.56. The van der Waals surface area contributed by atoms with Gasteiger partial charge in [0.1, 0.15) is 0 Å². The van der Waals surface area contributed by atoms with E-state index in [1.165, 1.54) is 6.07 Å². The number of piperidine rings is 1. The van der Waals surface area contributed by atoms with Gasteiger partial charge in [-0.05, 0) is 26.4 Å². The molecular weight excluding hydrogens is 219 g/mol. The molecule has 1 fully saturated rings. The van der Waals surface area contributed by atoms with Crippen molar-refractivity contribution >= 4 is 0 Å². The SMILES string of the molecule is CNC1CCCN(CC(C#N)C(F)(F)F)C1. The van der Waals surface area contributed by atoms with Crippen LogP contribution in [0.3, 0.4) is 0 Å². The van der Waals surface area contributed by atoms with Crippen LogP contribution in [0, 0.1) is 17.2 Å². The zero-order chi connectivity index (χ0) is 12.2. The molecule has 1 saturated heterocycles. The van der Waals surface area contributed by atoms with Crippen molar-refractivity contribution in [3.63, 3.8) is 0 Å². The van der Waals surface area contributed by atoms with Crippen LogP contribution in [0.5, 0.6) is 0 Å². The summed E-state index contributed by atoms with van der Waals surface area (Å²) < 4.78 is 37.2. The molecule has 0 bridgehead atoms. The summed E-state index contributed by atoms with van der Waals surface area (Å²) in [7, 11) is 1.81. The predicted octanol–water partition coefficient (Wildman–Crippen LogP) is 1.37. The van der Waals surface area contributed by atoms with Gasteiger partial charge in [0, 0.05) is 19.1 Å². The second kappa shape index (κ2) is 5.51. The summed E-state index contributed by atoms with van der Waals surface area (Å²) in [5.41, 5.74) is 0. The summed E-state index contributed by atoms with van der Waals surface area (Å²) in [4.78, 5) is 1.71. The van der Waals surface area contributed by atoms with Gasteiger partial charge in [-0.15, -0.1) is 0 Å². The Morgan fingerprint density at radius 3 is 2.75 bits per heavy atom. The van der Waals surface area contributed by atoms with Crippen LogP contribution in [0.4, 0.5) is 13.2 Å². The first-order chi connectivity index (χ1) is 7.47. The van der Waals surface area contributed by atoms with Gasteiger partial charge >= 0.3 is 6.18 Å². The first-order valence-electron chi connectivity index (χ1n) is 5.33. The maximum Gasteiger partial charge on any atom is 0.405 e. The van der Waals surface area contributed by atoms with Gasteiger partial charge in [-0.1, -0.05) is 0 Å². The van der Waals surface area contributed by atoms with Crippen molar-refractivity contribution in [1.82, 2.24) is 10.2 Å². The largest absolute Gasteiger partial charge is 0.405 e. The van der Waals surface area contributed by atoms with Crippen molar-refractivity contribution in [2.45, 2.75) is 25.1 Å². The molecule has 1 N–H and O–H groups in total. The van der Waals surface area contributed by atoms with Gasteiger partial charge in [0.25, 0.3) is 0 Å². The van der Waals surface area contributed by atoms with Crippen LogP contribution in [-0.4, -0.2) is 43.8 Å². The second-order valence-corrected chi connectivity index (χ2v) is 4.11. The molecular formula is C10H16F3N3. The van der Waals surface area contributed by atoms with E-state index in [-0.39, 0.29) is 12.6 Å². The summed E-state index contributed by atoms with van der Waals surface area (Å²) in [5, 5.41) is 11.6. The van der Waals surface area contributed by atoms with E-state index < -0.39 is 12.1 Å². The van der Waals surface area contributed by atoms with E-state index in [9.17, 15) is 13.2 Å². The molecule has 1 rings (SSSR count). The summed E-state index contributed by atoms with van der Waals surface area (Å²) in [5.74, 6) is -1.87. The third kappa shape index (κ3) is 3.65. The Morgan fingerprint density at radius 1 is 1.56 bits per heavy atom. The second-order valence-electron chi connectivity index (χ2n) is 4.11. The van der Waals surface area contributed by atoms with Gasteiger partial charge < -0.3 is 10.2 Å². The minimum atomic E-state index is -4.42. The van der Waals surface area contributed by atoms with Gasteiger partial charge in [-0.25, -0.2) is 0 Å². The number of nitrogens with zero attached hydrogens (tertiary/aromatic N) is 2. The van der Waals surface area contributed by atoms with Crippen molar-refractivity contribution in [2.75, 3.05) is 26.7 Å². The minimum absolute atomic E-state index is 0.210. The number of likely N-dealkylation sites (N-methyl/N-ethyl adjacent to an activating group) is 1. The van der Waals surface area contributed by atoms with Crippen LogP contribution in [0.25, 0.3) is 0 Å². The van der Waals surface area contributed by atoms with E-state index in [0.717, 1.165) is 12.8 Å². The first-order valence-corrected chi connectivity index (χ1v) is 5.33. The Balaban J connectivity index is 2.50. The minimum Gasteiger partial charge on any atom is -0.316 e. The topological polar surface area (TPSA) is 39.1 Å². The molecule has 2 atom stereocenters. The normalized spacial score (nSPS) is 25.1. The van der Waals surface area contributed by atoms with Gasteiger partial charge in [0.2, 0.25) is 0 Å². The number of hydrogen-bond donors (Lipinski definition) is 1. The standard InChI is InChI=1S/C10H16F3N3/c1-15-9-3-2-4-16(7-9)6-8(5-14)10(11,12)13/h8-9,15H,2-4,6-7H2,1H3. The van der Waals surface area contributed by atoms with Gasteiger partial charge in [0.05, 0.1) is 6.07 Å². The van der Waals surface area contributed by atoms with Crippen LogP contribution >= 0.6 is 0 Å². The lowest BCUT2D eigenvalue weighted by molar-refractivity contribution is -0.163. The molecule has 0 spiro atoms. The quantitative estimate of drug-likeness (QED) is 0.803. The van der Waals surface area contributed by atoms with Gasteiger partial charge in [0.15, 0.2) is 5.92 Å². The first kappa shape index (κ1) is 13.3. The average molecular weight is 235 g/mol. The van der Waals surface area contributed by atoms with Crippen molar-refractivity contribution in [3.8, 4) is 6.07 Å². The molecule has 92 valence electrons. The smallest absolute Gasteiger partial charge is 0.316 e. The van der Waals surface area contributed by atoms with Crippen LogP contribution in [0.2, 0.25) is 0 Å². The van der Waals surface area contributed by atoms with Gasteiger partial charge in [-0.3, -0.25) is 0 Å². The lowest BCUT2D eigenvalue weighted by Gasteiger charge is -2.33. The van der Waals surface area contributed by atoms with Crippen LogP contribution in [0.1, 0.15) is 12.8 Å². The van der Waals surface area contributed by atoms with Crippen LogP contribution in [-0.2, 0) is 0 Å². The highest BCUT2D eigenvalue weighted by Crippen LogP contribution is 2.27. The van der Waals surface area contributed by atoms with Crippen LogP contribution < -0.4 is 5.32 Å². The van der Waals surface area contributed by atoms with Crippen molar-refractivity contribution in [3.05, 3.63) is 0 Å². The number of nitriles is 1. The molecule has 0 radical (unpaired) electrons. The Labute approximate surface area is 93.2 Å². The average Bonchev–Trinajstić information content (AvgIpc) is 2.24. The lowest BCUT2D eigenvalue weighted by atomic mass is 10.0. The highest BCUT2D eigenvalue weighted by atomic mass is 19.4. The van der Waals surface area contributed by atoms with E-state index in [1.807, 2.05) is 0 Å². The summed E-state index contributed by atoms with van der Waals surface area (Å²) >= 11 is 0. The molecule has 1 aliphatic rings. The highest BCUT2D eigenvalue weighted by Gasteiger charge is 2.41. The third-order valence-electron chi connectivity index (χ3n) is 2.91. The molecule has 3 nitrogen and oxygen atoms in total. The number of nitrogens with one attached hydrogen (secondary N) is 1. The third-order valence-corrected chi connectivity index (χ3v) is 2.91. The molecule has 0 aromatic heterocycles. The zero-order valence-electron chi connectivity index (χ0n) is 9.22. The fourth-order valence-electron chi connectivity index (χ4n) is 1.93. The van der Waals surface area contributed by atoms with E-state index in [0.29, 0.717) is 13.1 Å². The fraction of sp³-hybridized carbons (Fsp3) is 0.900.